The number of hydrogen-bond acceptors (Lipinski definition) is 2. The zero-order chi connectivity index (χ0) is 12.1. The number of thiocarbonyl (C=S) groups is 1. The number of anilines is 1. The number of nitrogens with zero attached hydrogens (tertiary/aromatic N) is 2. The zero-order valence-electron chi connectivity index (χ0n) is 10.4. The van der Waals surface area contributed by atoms with E-state index in [1.165, 1.54) is 0 Å². The summed E-state index contributed by atoms with van der Waals surface area (Å²) < 4.78 is 1.94. The van der Waals surface area contributed by atoms with Crippen LogP contribution in [0.15, 0.2) is 6.20 Å². The summed E-state index contributed by atoms with van der Waals surface area (Å²) in [4.78, 5) is 0. The van der Waals surface area contributed by atoms with Gasteiger partial charge in [-0.25, -0.2) is 0 Å². The SMILES string of the molecule is CCn1ncc(NC(=S)NCC(C)C)c1C. The highest BCUT2D eigenvalue weighted by Gasteiger charge is 2.06. The first-order valence-corrected chi connectivity index (χ1v) is 6.02. The van der Waals surface area contributed by atoms with Crippen LogP contribution >= 0.6 is 12.2 Å². The third-order valence-electron chi connectivity index (χ3n) is 2.32. The van der Waals surface area contributed by atoms with Gasteiger partial charge in [-0.2, -0.15) is 5.10 Å². The number of hydrogen-bond donors (Lipinski definition) is 2. The van der Waals surface area contributed by atoms with Gasteiger partial charge in [-0.05, 0) is 32.0 Å². The molecule has 0 saturated heterocycles. The molecule has 0 aliphatic heterocycles. The highest BCUT2D eigenvalue weighted by molar-refractivity contribution is 7.80. The minimum Gasteiger partial charge on any atom is -0.362 e. The van der Waals surface area contributed by atoms with Crippen molar-refractivity contribution in [2.24, 2.45) is 5.92 Å². The van der Waals surface area contributed by atoms with Gasteiger partial charge in [0.25, 0.3) is 0 Å². The first-order valence-electron chi connectivity index (χ1n) is 5.61. The number of aromatic nitrogens is 2. The molecule has 0 atom stereocenters. The molecule has 1 rings (SSSR count). The minimum atomic E-state index is 0.583. The van der Waals surface area contributed by atoms with Crippen LogP contribution in [-0.4, -0.2) is 21.4 Å². The Morgan fingerprint density at radius 2 is 2.25 bits per heavy atom. The third kappa shape index (κ3) is 3.48. The first-order chi connectivity index (χ1) is 7.54. The van der Waals surface area contributed by atoms with Crippen LogP contribution in [0.25, 0.3) is 0 Å². The standard InChI is InChI=1S/C11H20N4S/c1-5-15-9(4)10(7-13-15)14-11(16)12-6-8(2)3/h7-8H,5-6H2,1-4H3,(H2,12,14,16). The highest BCUT2D eigenvalue weighted by Crippen LogP contribution is 2.12. The lowest BCUT2D eigenvalue weighted by molar-refractivity contribution is 0.627. The molecule has 0 radical (unpaired) electrons. The summed E-state index contributed by atoms with van der Waals surface area (Å²) in [7, 11) is 0. The Hall–Kier alpha value is -1.10. The van der Waals surface area contributed by atoms with E-state index in [2.05, 4.69) is 36.5 Å². The minimum absolute atomic E-state index is 0.583. The van der Waals surface area contributed by atoms with Crippen LogP contribution in [0.3, 0.4) is 0 Å². The van der Waals surface area contributed by atoms with Crippen LogP contribution in [0.2, 0.25) is 0 Å². The van der Waals surface area contributed by atoms with Gasteiger partial charge in [0.05, 0.1) is 17.6 Å². The van der Waals surface area contributed by atoms with Crippen molar-refractivity contribution in [2.75, 3.05) is 11.9 Å². The van der Waals surface area contributed by atoms with Crippen LogP contribution in [0.1, 0.15) is 26.5 Å². The molecule has 1 aromatic rings. The molecule has 5 heteroatoms. The van der Waals surface area contributed by atoms with Gasteiger partial charge < -0.3 is 10.6 Å². The molecule has 0 aliphatic carbocycles. The van der Waals surface area contributed by atoms with Gasteiger partial charge in [0.2, 0.25) is 0 Å². The molecule has 0 spiro atoms. The first kappa shape index (κ1) is 13.0. The fraction of sp³-hybridized carbons (Fsp3) is 0.636. The van der Waals surface area contributed by atoms with E-state index < -0.39 is 0 Å². The van der Waals surface area contributed by atoms with Crippen molar-refractivity contribution in [3.63, 3.8) is 0 Å². The van der Waals surface area contributed by atoms with Crippen molar-refractivity contribution in [1.82, 2.24) is 15.1 Å². The summed E-state index contributed by atoms with van der Waals surface area (Å²) in [6.45, 7) is 10.2. The lowest BCUT2D eigenvalue weighted by Crippen LogP contribution is -2.31. The number of aryl methyl sites for hydroxylation is 1. The van der Waals surface area contributed by atoms with E-state index in [-0.39, 0.29) is 0 Å². The second-order valence-corrected chi connectivity index (χ2v) is 4.60. The maximum Gasteiger partial charge on any atom is 0.170 e. The fourth-order valence-corrected chi connectivity index (χ4v) is 1.54. The molecular formula is C11H20N4S. The monoisotopic (exact) mass is 240 g/mol. The molecule has 0 fully saturated rings. The summed E-state index contributed by atoms with van der Waals surface area (Å²) in [5.74, 6) is 0.583. The smallest absolute Gasteiger partial charge is 0.170 e. The van der Waals surface area contributed by atoms with Crippen molar-refractivity contribution < 1.29 is 0 Å². The number of nitrogens with one attached hydrogen (secondary N) is 2. The van der Waals surface area contributed by atoms with Crippen molar-refractivity contribution in [3.05, 3.63) is 11.9 Å². The molecule has 90 valence electrons. The largest absolute Gasteiger partial charge is 0.362 e. The molecule has 0 aromatic carbocycles. The number of rotatable bonds is 4. The maximum absolute atomic E-state index is 5.20. The lowest BCUT2D eigenvalue weighted by atomic mass is 10.2. The lowest BCUT2D eigenvalue weighted by Gasteiger charge is -2.11. The van der Waals surface area contributed by atoms with Gasteiger partial charge in [0, 0.05) is 13.1 Å². The second-order valence-electron chi connectivity index (χ2n) is 4.19. The summed E-state index contributed by atoms with van der Waals surface area (Å²) in [6, 6.07) is 0. The molecule has 1 heterocycles. The van der Waals surface area contributed by atoms with Crippen LogP contribution < -0.4 is 10.6 Å². The molecule has 2 N–H and O–H groups in total. The quantitative estimate of drug-likeness (QED) is 0.791. The Morgan fingerprint density at radius 3 is 2.75 bits per heavy atom. The Bertz CT molecular complexity index is 357. The molecule has 1 aromatic heterocycles. The topological polar surface area (TPSA) is 41.9 Å². The van der Waals surface area contributed by atoms with Gasteiger partial charge in [-0.3, -0.25) is 4.68 Å². The van der Waals surface area contributed by atoms with Crippen LogP contribution in [-0.2, 0) is 6.54 Å². The third-order valence-corrected chi connectivity index (χ3v) is 2.57. The molecular weight excluding hydrogens is 220 g/mol. The van der Waals surface area contributed by atoms with Crippen molar-refractivity contribution in [3.8, 4) is 0 Å². The van der Waals surface area contributed by atoms with Gasteiger partial charge in [0.15, 0.2) is 5.11 Å². The molecule has 0 unspecified atom stereocenters. The molecule has 0 aliphatic rings. The molecule has 4 nitrogen and oxygen atoms in total. The Kier molecular flexibility index (Phi) is 4.73. The van der Waals surface area contributed by atoms with Gasteiger partial charge in [0.1, 0.15) is 0 Å². The predicted octanol–water partition coefficient (Wildman–Crippen LogP) is 2.15. The normalized spacial score (nSPS) is 10.6. The molecule has 0 bridgehead atoms. The predicted molar refractivity (Wildman–Crippen MR) is 71.7 cm³/mol. The zero-order valence-corrected chi connectivity index (χ0v) is 11.2. The van der Waals surface area contributed by atoms with Gasteiger partial charge in [-0.15, -0.1) is 0 Å². The van der Waals surface area contributed by atoms with E-state index >= 15 is 0 Å². The summed E-state index contributed by atoms with van der Waals surface area (Å²) in [6.07, 6.45) is 1.81. The van der Waals surface area contributed by atoms with Crippen molar-refractivity contribution >= 4 is 23.0 Å². The average molecular weight is 240 g/mol. The summed E-state index contributed by atoms with van der Waals surface area (Å²) >= 11 is 5.20. The maximum atomic E-state index is 5.20. The Balaban J connectivity index is 2.53. The average Bonchev–Trinajstić information content (AvgIpc) is 2.57. The Morgan fingerprint density at radius 1 is 1.56 bits per heavy atom. The molecule has 0 amide bonds. The van der Waals surface area contributed by atoms with E-state index in [9.17, 15) is 0 Å². The van der Waals surface area contributed by atoms with Gasteiger partial charge in [-0.1, -0.05) is 13.8 Å². The van der Waals surface area contributed by atoms with E-state index in [0.29, 0.717) is 11.0 Å². The molecule has 0 saturated carbocycles. The second kappa shape index (κ2) is 5.84. The van der Waals surface area contributed by atoms with E-state index in [4.69, 9.17) is 12.2 Å². The van der Waals surface area contributed by atoms with Gasteiger partial charge >= 0.3 is 0 Å². The van der Waals surface area contributed by atoms with E-state index in [1.807, 2.05) is 17.8 Å². The fourth-order valence-electron chi connectivity index (χ4n) is 1.35. The van der Waals surface area contributed by atoms with Crippen LogP contribution in [0.5, 0.6) is 0 Å². The van der Waals surface area contributed by atoms with Crippen molar-refractivity contribution in [1.29, 1.82) is 0 Å². The molecule has 16 heavy (non-hydrogen) atoms. The summed E-state index contributed by atoms with van der Waals surface area (Å²) in [5.41, 5.74) is 2.08. The van der Waals surface area contributed by atoms with Crippen LogP contribution in [0.4, 0.5) is 5.69 Å². The van der Waals surface area contributed by atoms with Crippen LogP contribution in [0, 0.1) is 12.8 Å². The van der Waals surface area contributed by atoms with Crippen molar-refractivity contribution in [2.45, 2.75) is 34.2 Å². The highest BCUT2D eigenvalue weighted by atomic mass is 32.1. The van der Waals surface area contributed by atoms with E-state index in [0.717, 1.165) is 24.5 Å². The Labute approximate surface area is 102 Å². The summed E-state index contributed by atoms with van der Waals surface area (Å²) in [5, 5.41) is 11.2. The van der Waals surface area contributed by atoms with E-state index in [1.54, 1.807) is 0 Å².